The molecule has 2 unspecified atom stereocenters. The van der Waals surface area contributed by atoms with E-state index in [9.17, 15) is 4.79 Å². The lowest BCUT2D eigenvalue weighted by atomic mass is 9.95. The van der Waals surface area contributed by atoms with Gasteiger partial charge in [-0.2, -0.15) is 9.78 Å². The van der Waals surface area contributed by atoms with Crippen molar-refractivity contribution in [1.82, 2.24) is 14.9 Å². The van der Waals surface area contributed by atoms with Gasteiger partial charge in [-0.25, -0.2) is 0 Å². The zero-order valence-electron chi connectivity index (χ0n) is 16.6. The Kier molecular flexibility index (Phi) is 5.01. The van der Waals surface area contributed by atoms with Crippen molar-refractivity contribution in [2.24, 2.45) is 10.5 Å². The van der Waals surface area contributed by atoms with Gasteiger partial charge in [0.1, 0.15) is 6.10 Å². The van der Waals surface area contributed by atoms with Crippen LogP contribution in [-0.4, -0.2) is 38.3 Å². The van der Waals surface area contributed by atoms with Crippen LogP contribution < -0.4 is 5.32 Å². The Hall–Kier alpha value is -2.19. The average molecular weight is 400 g/mol. The maximum atomic E-state index is 12.2. The summed E-state index contributed by atoms with van der Waals surface area (Å²) in [6.07, 6.45) is 1.95. The SMILES string of the molecule is CC1Sc2nnc(C3CCCO3)n2N=C1c1ccc(NC(=O)C(C)(C)C)cc1. The molecule has 2 atom stereocenters. The Labute approximate surface area is 168 Å². The summed E-state index contributed by atoms with van der Waals surface area (Å²) in [5, 5.41) is 17.4. The molecule has 8 heteroatoms. The largest absolute Gasteiger partial charge is 0.370 e. The lowest BCUT2D eigenvalue weighted by Gasteiger charge is -2.21. The minimum Gasteiger partial charge on any atom is -0.370 e. The smallest absolute Gasteiger partial charge is 0.229 e. The fraction of sp³-hybridized carbons (Fsp3) is 0.500. The number of nitrogens with one attached hydrogen (secondary N) is 1. The molecule has 0 radical (unpaired) electrons. The van der Waals surface area contributed by atoms with Crippen molar-refractivity contribution in [1.29, 1.82) is 0 Å². The molecule has 3 heterocycles. The van der Waals surface area contributed by atoms with Crippen LogP contribution in [0, 0.1) is 5.41 Å². The molecule has 1 saturated heterocycles. The molecule has 2 aromatic rings. The van der Waals surface area contributed by atoms with Gasteiger partial charge in [-0.15, -0.1) is 10.2 Å². The quantitative estimate of drug-likeness (QED) is 0.847. The number of rotatable bonds is 3. The maximum absolute atomic E-state index is 12.2. The third kappa shape index (κ3) is 3.71. The van der Waals surface area contributed by atoms with Crippen LogP contribution in [0.3, 0.4) is 0 Å². The molecule has 7 nitrogen and oxygen atoms in total. The molecule has 1 amide bonds. The number of thioether (sulfide) groups is 1. The average Bonchev–Trinajstić information content (AvgIpc) is 3.30. The highest BCUT2D eigenvalue weighted by molar-refractivity contribution is 8.00. The zero-order chi connectivity index (χ0) is 19.9. The Bertz CT molecular complexity index is 908. The first-order chi connectivity index (χ1) is 13.3. The van der Waals surface area contributed by atoms with E-state index in [1.54, 1.807) is 11.8 Å². The third-order valence-corrected chi connectivity index (χ3v) is 5.89. The Balaban J connectivity index is 1.59. The Morgan fingerprint density at radius 1 is 1.25 bits per heavy atom. The standard InChI is InChI=1S/C20H25N5O2S/c1-12-16(13-7-9-14(10-8-13)21-18(26)20(2,3)4)24-25-17(15-6-5-11-27-15)22-23-19(25)28-12/h7-10,12,15H,5-6,11H2,1-4H3,(H,21,26). The van der Waals surface area contributed by atoms with Gasteiger partial charge in [-0.1, -0.05) is 44.7 Å². The summed E-state index contributed by atoms with van der Waals surface area (Å²) in [7, 11) is 0. The molecule has 0 aliphatic carbocycles. The number of anilines is 1. The van der Waals surface area contributed by atoms with E-state index in [0.29, 0.717) is 0 Å². The normalized spacial score (nSPS) is 21.9. The lowest BCUT2D eigenvalue weighted by molar-refractivity contribution is -0.123. The Morgan fingerprint density at radius 3 is 2.64 bits per heavy atom. The van der Waals surface area contributed by atoms with Crippen molar-refractivity contribution in [2.45, 2.75) is 57.0 Å². The van der Waals surface area contributed by atoms with E-state index in [-0.39, 0.29) is 17.3 Å². The number of carbonyl (C=O) groups is 1. The van der Waals surface area contributed by atoms with Crippen LogP contribution in [0.4, 0.5) is 5.69 Å². The molecule has 0 bridgehead atoms. The minimum absolute atomic E-state index is 0.00508. The highest BCUT2D eigenvalue weighted by Crippen LogP contribution is 2.34. The summed E-state index contributed by atoms with van der Waals surface area (Å²) in [5.41, 5.74) is 2.34. The number of hydrogen-bond donors (Lipinski definition) is 1. The van der Waals surface area contributed by atoms with Gasteiger partial charge in [-0.05, 0) is 37.5 Å². The van der Waals surface area contributed by atoms with Crippen molar-refractivity contribution in [3.63, 3.8) is 0 Å². The van der Waals surface area contributed by atoms with E-state index in [4.69, 9.17) is 9.84 Å². The molecule has 4 rings (SSSR count). The van der Waals surface area contributed by atoms with Gasteiger partial charge in [0.15, 0.2) is 5.82 Å². The van der Waals surface area contributed by atoms with Gasteiger partial charge in [0.25, 0.3) is 0 Å². The summed E-state index contributed by atoms with van der Waals surface area (Å²) in [6.45, 7) is 8.57. The van der Waals surface area contributed by atoms with Crippen LogP contribution in [0.15, 0.2) is 34.5 Å². The van der Waals surface area contributed by atoms with E-state index in [1.807, 2.05) is 49.7 Å². The molecule has 28 heavy (non-hydrogen) atoms. The number of aromatic nitrogens is 3. The fourth-order valence-electron chi connectivity index (χ4n) is 3.16. The van der Waals surface area contributed by atoms with E-state index in [1.165, 1.54) is 0 Å². The van der Waals surface area contributed by atoms with Crippen molar-refractivity contribution in [2.75, 3.05) is 11.9 Å². The molecule has 2 aliphatic rings. The van der Waals surface area contributed by atoms with E-state index in [0.717, 1.165) is 47.4 Å². The molecule has 1 aromatic carbocycles. The van der Waals surface area contributed by atoms with Crippen molar-refractivity contribution in [3.05, 3.63) is 35.7 Å². The lowest BCUT2D eigenvalue weighted by Crippen LogP contribution is -2.27. The molecular weight excluding hydrogens is 374 g/mol. The van der Waals surface area contributed by atoms with Gasteiger partial charge in [-0.3, -0.25) is 4.79 Å². The van der Waals surface area contributed by atoms with E-state index < -0.39 is 5.41 Å². The van der Waals surface area contributed by atoms with E-state index >= 15 is 0 Å². The highest BCUT2D eigenvalue weighted by atomic mass is 32.2. The third-order valence-electron chi connectivity index (χ3n) is 4.85. The predicted molar refractivity (Wildman–Crippen MR) is 110 cm³/mol. The van der Waals surface area contributed by atoms with Crippen LogP contribution in [0.25, 0.3) is 0 Å². The van der Waals surface area contributed by atoms with Gasteiger partial charge >= 0.3 is 0 Å². The number of amides is 1. The van der Waals surface area contributed by atoms with E-state index in [2.05, 4.69) is 22.4 Å². The molecule has 1 aromatic heterocycles. The summed E-state index contributed by atoms with van der Waals surface area (Å²) in [5.74, 6) is 0.771. The van der Waals surface area contributed by atoms with Crippen LogP contribution in [0.5, 0.6) is 0 Å². The topological polar surface area (TPSA) is 81.4 Å². The van der Waals surface area contributed by atoms with Crippen molar-refractivity contribution in [3.8, 4) is 0 Å². The number of fused-ring (bicyclic) bond motifs is 1. The molecule has 1 fully saturated rings. The van der Waals surface area contributed by atoms with Crippen LogP contribution >= 0.6 is 11.8 Å². The van der Waals surface area contributed by atoms with Crippen LogP contribution in [0.1, 0.15) is 58.0 Å². The number of benzene rings is 1. The number of nitrogens with zero attached hydrogens (tertiary/aromatic N) is 4. The first-order valence-electron chi connectivity index (χ1n) is 9.57. The van der Waals surface area contributed by atoms with Gasteiger partial charge in [0.05, 0.1) is 11.0 Å². The molecular formula is C20H25N5O2S. The number of ether oxygens (including phenoxy) is 1. The number of carbonyl (C=O) groups excluding carboxylic acids is 1. The molecule has 0 saturated carbocycles. The molecule has 0 spiro atoms. The van der Waals surface area contributed by atoms with Crippen LogP contribution in [-0.2, 0) is 9.53 Å². The van der Waals surface area contributed by atoms with Crippen molar-refractivity contribution >= 4 is 29.1 Å². The predicted octanol–water partition coefficient (Wildman–Crippen LogP) is 3.86. The minimum atomic E-state index is -0.430. The second-order valence-electron chi connectivity index (χ2n) is 8.18. The summed E-state index contributed by atoms with van der Waals surface area (Å²) >= 11 is 1.65. The monoisotopic (exact) mass is 399 g/mol. The molecule has 1 N–H and O–H groups in total. The second kappa shape index (κ2) is 7.33. The maximum Gasteiger partial charge on any atom is 0.229 e. The number of hydrogen-bond acceptors (Lipinski definition) is 6. The highest BCUT2D eigenvalue weighted by Gasteiger charge is 2.30. The second-order valence-corrected chi connectivity index (χ2v) is 9.49. The first kappa shape index (κ1) is 19.1. The molecule has 2 aliphatic heterocycles. The van der Waals surface area contributed by atoms with Gasteiger partial charge in [0.2, 0.25) is 11.1 Å². The Morgan fingerprint density at radius 2 is 2.00 bits per heavy atom. The first-order valence-corrected chi connectivity index (χ1v) is 10.5. The summed E-state index contributed by atoms with van der Waals surface area (Å²) in [6, 6.07) is 7.83. The van der Waals surface area contributed by atoms with Crippen LogP contribution in [0.2, 0.25) is 0 Å². The van der Waals surface area contributed by atoms with Crippen molar-refractivity contribution < 1.29 is 9.53 Å². The summed E-state index contributed by atoms with van der Waals surface area (Å²) < 4.78 is 7.59. The van der Waals surface area contributed by atoms with Gasteiger partial charge < -0.3 is 10.1 Å². The zero-order valence-corrected chi connectivity index (χ0v) is 17.4. The molecule has 148 valence electrons. The summed E-state index contributed by atoms with van der Waals surface area (Å²) in [4.78, 5) is 12.2. The fourth-order valence-corrected chi connectivity index (χ4v) is 4.10. The van der Waals surface area contributed by atoms with Gasteiger partial charge in [0, 0.05) is 17.7 Å².